The van der Waals surface area contributed by atoms with Gasteiger partial charge in [0.15, 0.2) is 5.75 Å². The Labute approximate surface area is 346 Å². The molecule has 4 aliphatic heterocycles. The molecule has 6 rings (SSSR count). The summed E-state index contributed by atoms with van der Waals surface area (Å²) in [6.07, 6.45) is 5.16. The molecule has 1 fully saturated rings. The number of aliphatic hydroxyl groups excluding tert-OH is 3. The third-order valence-corrected chi connectivity index (χ3v) is 12.9. The van der Waals surface area contributed by atoms with Crippen LogP contribution >= 0.6 is 0 Å². The second kappa shape index (κ2) is 17.5. The lowest BCUT2D eigenvalue weighted by molar-refractivity contribution is -0.112. The van der Waals surface area contributed by atoms with Crippen LogP contribution in [0.2, 0.25) is 0 Å². The summed E-state index contributed by atoms with van der Waals surface area (Å²) in [5.41, 5.74) is -0.874. The van der Waals surface area contributed by atoms with Gasteiger partial charge in [0.25, 0.3) is 11.7 Å². The van der Waals surface area contributed by atoms with Crippen molar-refractivity contribution in [2.45, 2.75) is 92.5 Å². The van der Waals surface area contributed by atoms with Gasteiger partial charge in [0.2, 0.25) is 0 Å². The van der Waals surface area contributed by atoms with Gasteiger partial charge in [-0.2, -0.15) is 5.10 Å². The Bertz CT molecular complexity index is 2050. The topological polar surface area (TPSA) is 214 Å². The smallest absolute Gasteiger partial charge is 0.312 e. The van der Waals surface area contributed by atoms with Crippen molar-refractivity contribution in [3.8, 4) is 23.0 Å². The summed E-state index contributed by atoms with van der Waals surface area (Å²) in [7, 11) is 3.44. The highest BCUT2D eigenvalue weighted by atomic mass is 16.7. The van der Waals surface area contributed by atoms with Gasteiger partial charge < -0.3 is 55.1 Å². The third-order valence-electron chi connectivity index (χ3n) is 12.9. The number of rotatable bonds is 3. The molecule has 1 amide bonds. The standard InChI is InChI=1S/C44H62N4O11/c1-22-13-12-15-43(7,8)27(6)36(51)25(4)35(50)24(3)34(49)23(2)29(57-11)14-20-58-44(9)41(55)32-30-31(37(52)26(5)40(32)59-44)39(54)33(46-42(22)56)28(38(30)53)21-45-48-18-16-47(10)17-19-48/h12-15,20-21,23-25,27,29,34-36,49-54H,16-19H2,1-11H3,(H,46,56)/b15-12+,20-14+,22-13-,45-21+/t23-,24+,25+,27-,29+,34-,35+,36-,44+/m1/s1. The number of hydrogen-bond acceptors (Lipinski definition) is 14. The molecule has 2 aromatic carbocycles. The lowest BCUT2D eigenvalue weighted by atomic mass is 9.71. The van der Waals surface area contributed by atoms with Gasteiger partial charge in [-0.3, -0.25) is 14.6 Å². The van der Waals surface area contributed by atoms with E-state index in [1.807, 2.05) is 33.9 Å². The number of nitrogens with one attached hydrogen (secondary N) is 1. The Morgan fingerprint density at radius 2 is 1.49 bits per heavy atom. The molecule has 0 aliphatic carbocycles. The van der Waals surface area contributed by atoms with Crippen molar-refractivity contribution in [2.75, 3.05) is 45.7 Å². The summed E-state index contributed by atoms with van der Waals surface area (Å²) in [6, 6.07) is 0. The Hall–Kier alpha value is -4.67. The minimum atomic E-state index is -2.02. The van der Waals surface area contributed by atoms with Gasteiger partial charge in [0.1, 0.15) is 17.2 Å². The lowest BCUT2D eigenvalue weighted by Gasteiger charge is -2.40. The molecule has 15 nitrogen and oxygen atoms in total. The summed E-state index contributed by atoms with van der Waals surface area (Å²) < 4.78 is 17.8. The van der Waals surface area contributed by atoms with Crippen molar-refractivity contribution < 1.29 is 54.4 Å². The zero-order valence-corrected chi connectivity index (χ0v) is 36.0. The van der Waals surface area contributed by atoms with E-state index in [2.05, 4.69) is 15.3 Å². The summed E-state index contributed by atoms with van der Waals surface area (Å²) in [5.74, 6) is -7.47. The van der Waals surface area contributed by atoms with E-state index in [1.54, 1.807) is 44.9 Å². The summed E-state index contributed by atoms with van der Waals surface area (Å²) >= 11 is 0. The molecule has 1 saturated heterocycles. The van der Waals surface area contributed by atoms with E-state index in [-0.39, 0.29) is 50.4 Å². The van der Waals surface area contributed by atoms with Crippen LogP contribution in [-0.4, -0.2) is 129 Å². The second-order valence-corrected chi connectivity index (χ2v) is 17.3. The first kappa shape index (κ1) is 45.4. The normalized spacial score (nSPS) is 33.3. The van der Waals surface area contributed by atoms with Gasteiger partial charge in [0, 0.05) is 74.5 Å². The number of ether oxygens (including phenoxy) is 3. The Morgan fingerprint density at radius 1 is 0.881 bits per heavy atom. The summed E-state index contributed by atoms with van der Waals surface area (Å²) in [6.45, 7) is 17.9. The van der Waals surface area contributed by atoms with Gasteiger partial charge in [-0.15, -0.1) is 0 Å². The molecule has 324 valence electrons. The minimum Gasteiger partial charge on any atom is -0.507 e. The van der Waals surface area contributed by atoms with Crippen LogP contribution < -0.4 is 10.1 Å². The molecule has 0 unspecified atom stereocenters. The Morgan fingerprint density at radius 3 is 2.12 bits per heavy atom. The van der Waals surface area contributed by atoms with Crippen LogP contribution in [0.5, 0.6) is 23.0 Å². The first-order valence-corrected chi connectivity index (χ1v) is 20.1. The number of aromatic hydroxyl groups is 3. The Balaban J connectivity index is 1.70. The van der Waals surface area contributed by atoms with E-state index in [0.29, 0.717) is 13.1 Å². The van der Waals surface area contributed by atoms with Crippen LogP contribution in [0.4, 0.5) is 5.69 Å². The molecule has 2 aromatic rings. The van der Waals surface area contributed by atoms with Crippen LogP contribution in [0, 0.1) is 36.0 Å². The van der Waals surface area contributed by atoms with Crippen molar-refractivity contribution in [1.82, 2.24) is 9.91 Å². The zero-order chi connectivity index (χ0) is 43.9. The maximum absolute atomic E-state index is 14.4. The highest BCUT2D eigenvalue weighted by Gasteiger charge is 2.50. The van der Waals surface area contributed by atoms with Crippen LogP contribution in [0.25, 0.3) is 10.8 Å². The van der Waals surface area contributed by atoms with Gasteiger partial charge in [-0.25, -0.2) is 0 Å². The van der Waals surface area contributed by atoms with E-state index in [9.17, 15) is 40.2 Å². The third kappa shape index (κ3) is 8.67. The number of fused-ring (bicyclic) bond motifs is 15. The van der Waals surface area contributed by atoms with E-state index < -0.39 is 82.3 Å². The molecule has 0 aromatic heterocycles. The van der Waals surface area contributed by atoms with Crippen LogP contribution in [0.15, 0.2) is 41.2 Å². The summed E-state index contributed by atoms with van der Waals surface area (Å²) in [5, 5.41) is 78.6. The molecule has 7 N–H and O–H groups in total. The largest absolute Gasteiger partial charge is 0.507 e. The fourth-order valence-corrected chi connectivity index (χ4v) is 8.05. The zero-order valence-electron chi connectivity index (χ0n) is 36.0. The number of nitrogens with zero attached hydrogens (tertiary/aromatic N) is 3. The number of amides is 1. The molecule has 0 spiro atoms. The van der Waals surface area contributed by atoms with Crippen molar-refractivity contribution in [2.24, 2.45) is 34.2 Å². The molecule has 5 bridgehead atoms. The van der Waals surface area contributed by atoms with Gasteiger partial charge in [0.05, 0.1) is 59.1 Å². The number of hydrogen-bond donors (Lipinski definition) is 7. The number of ketones is 1. The maximum Gasteiger partial charge on any atom is 0.312 e. The number of piperazine rings is 1. The molecule has 4 heterocycles. The fourth-order valence-electron chi connectivity index (χ4n) is 8.05. The number of methoxy groups -OCH3 is 1. The molecule has 59 heavy (non-hydrogen) atoms. The molecule has 0 radical (unpaired) electrons. The molecule has 4 aliphatic rings. The number of carbonyl (C=O) groups is 2. The quantitative estimate of drug-likeness (QED) is 0.126. The number of aliphatic hydroxyl groups is 3. The number of Topliss-reactive ketones (excluding diaryl/α,β-unsaturated/α-hetero) is 1. The summed E-state index contributed by atoms with van der Waals surface area (Å²) in [4.78, 5) is 30.3. The Kier molecular flexibility index (Phi) is 13.5. The van der Waals surface area contributed by atoms with Crippen molar-refractivity contribution >= 4 is 34.4 Å². The maximum atomic E-state index is 14.4. The van der Waals surface area contributed by atoms with Crippen LogP contribution in [-0.2, 0) is 14.3 Å². The monoisotopic (exact) mass is 822 g/mol. The average molecular weight is 823 g/mol. The fraction of sp³-hybridized carbons (Fsp3) is 0.568. The molecular formula is C44H62N4O11. The number of carbonyl (C=O) groups excluding carboxylic acids is 2. The molecule has 15 heteroatoms. The number of likely N-dealkylation sites (N-methyl/N-ethyl adjacent to an activating group) is 1. The highest BCUT2D eigenvalue weighted by molar-refractivity contribution is 6.23. The van der Waals surface area contributed by atoms with Gasteiger partial charge >= 0.3 is 5.79 Å². The predicted molar refractivity (Wildman–Crippen MR) is 225 cm³/mol. The average Bonchev–Trinajstić information content (AvgIpc) is 3.46. The van der Waals surface area contributed by atoms with Crippen molar-refractivity contribution in [1.29, 1.82) is 0 Å². The van der Waals surface area contributed by atoms with Crippen LogP contribution in [0.3, 0.4) is 0 Å². The van der Waals surface area contributed by atoms with E-state index in [0.717, 1.165) is 13.1 Å². The number of phenols is 3. The van der Waals surface area contributed by atoms with Crippen molar-refractivity contribution in [3.05, 3.63) is 52.8 Å². The van der Waals surface area contributed by atoms with Crippen LogP contribution in [0.1, 0.15) is 76.9 Å². The number of benzene rings is 2. The number of hydrazone groups is 1. The van der Waals surface area contributed by atoms with Gasteiger partial charge in [-0.1, -0.05) is 59.8 Å². The first-order valence-electron chi connectivity index (χ1n) is 20.1. The lowest BCUT2D eigenvalue weighted by Crippen LogP contribution is -2.46. The van der Waals surface area contributed by atoms with Crippen molar-refractivity contribution in [3.63, 3.8) is 0 Å². The molecule has 0 saturated carbocycles. The molecule has 9 atom stereocenters. The number of anilines is 1. The van der Waals surface area contributed by atoms with E-state index >= 15 is 0 Å². The predicted octanol–water partition coefficient (Wildman–Crippen LogP) is 4.79. The number of allylic oxidation sites excluding steroid dienone is 3. The van der Waals surface area contributed by atoms with E-state index in [4.69, 9.17) is 14.2 Å². The van der Waals surface area contributed by atoms with Gasteiger partial charge in [-0.05, 0) is 38.3 Å². The first-order chi connectivity index (χ1) is 27.6. The van der Waals surface area contributed by atoms with E-state index in [1.165, 1.54) is 39.5 Å². The second-order valence-electron chi connectivity index (χ2n) is 17.3. The number of phenolic OH excluding ortho intramolecular Hbond substituents is 3. The molecular weight excluding hydrogens is 761 g/mol. The SMILES string of the molecule is CO[C@H]1/C=C/O[C@@]2(C)Oc3c(C)c(O)c4c(O)c(c(/C=N/N5CCN(C)CC5)c(O)c4c3C2=O)NC(=O)/C(C)=C\C=C\C(C)(C)[C@H](C)[C@H](O)[C@@H](C)[C@@H](O)[C@@H](C)[C@H](O)[C@@H]1C. The highest BCUT2D eigenvalue weighted by Crippen LogP contribution is 2.55. The minimum absolute atomic E-state index is 0.0703.